The molecule has 0 spiro atoms. The van der Waals surface area contributed by atoms with Crippen molar-refractivity contribution in [2.75, 3.05) is 19.7 Å². The Kier molecular flexibility index (Phi) is 5.31. The second kappa shape index (κ2) is 7.00. The summed E-state index contributed by atoms with van der Waals surface area (Å²) in [5.74, 6) is -0.991. The summed E-state index contributed by atoms with van der Waals surface area (Å²) in [6.45, 7) is 0.725. The molecular formula is C14H15Cl2NO4. The zero-order valence-corrected chi connectivity index (χ0v) is 12.7. The highest BCUT2D eigenvalue weighted by molar-refractivity contribution is 6.42. The normalized spacial score (nSPS) is 15.8. The summed E-state index contributed by atoms with van der Waals surface area (Å²) < 4.78 is 5.38. The molecule has 1 saturated heterocycles. The number of halogens is 2. The van der Waals surface area contributed by atoms with Crippen LogP contribution in [0.3, 0.4) is 0 Å². The Morgan fingerprint density at radius 2 is 1.95 bits per heavy atom. The SMILES string of the molecule is O=C(O)C1CCN(C(=O)COc2cccc(Cl)c2Cl)CC1. The van der Waals surface area contributed by atoms with Gasteiger partial charge in [0.2, 0.25) is 0 Å². The van der Waals surface area contributed by atoms with Crippen LogP contribution in [-0.4, -0.2) is 41.6 Å². The molecule has 1 heterocycles. The molecule has 5 nitrogen and oxygen atoms in total. The zero-order chi connectivity index (χ0) is 15.4. The topological polar surface area (TPSA) is 66.8 Å². The fourth-order valence-electron chi connectivity index (χ4n) is 2.20. The number of benzene rings is 1. The number of hydrogen-bond donors (Lipinski definition) is 1. The number of piperidine rings is 1. The molecule has 1 fully saturated rings. The molecule has 1 aromatic carbocycles. The first-order valence-corrected chi connectivity index (χ1v) is 7.32. The Hall–Kier alpha value is -1.46. The van der Waals surface area contributed by atoms with Crippen molar-refractivity contribution in [3.05, 3.63) is 28.2 Å². The molecule has 0 bridgehead atoms. The lowest BCUT2D eigenvalue weighted by Crippen LogP contribution is -2.42. The molecule has 0 aromatic heterocycles. The molecule has 1 N–H and O–H groups in total. The van der Waals surface area contributed by atoms with Crippen LogP contribution in [-0.2, 0) is 9.59 Å². The van der Waals surface area contributed by atoms with E-state index in [1.165, 1.54) is 0 Å². The maximum Gasteiger partial charge on any atom is 0.306 e. The molecule has 2 rings (SSSR count). The van der Waals surface area contributed by atoms with Gasteiger partial charge in [-0.05, 0) is 25.0 Å². The van der Waals surface area contributed by atoms with Gasteiger partial charge in [-0.25, -0.2) is 0 Å². The molecule has 0 radical (unpaired) electrons. The van der Waals surface area contributed by atoms with E-state index >= 15 is 0 Å². The number of ether oxygens (including phenoxy) is 1. The highest BCUT2D eigenvalue weighted by atomic mass is 35.5. The minimum atomic E-state index is -0.802. The van der Waals surface area contributed by atoms with Crippen molar-refractivity contribution in [1.82, 2.24) is 4.90 Å². The van der Waals surface area contributed by atoms with Crippen LogP contribution >= 0.6 is 23.2 Å². The van der Waals surface area contributed by atoms with Crippen LogP contribution in [0.5, 0.6) is 5.75 Å². The number of hydrogen-bond acceptors (Lipinski definition) is 3. The second-order valence-corrected chi connectivity index (χ2v) is 5.62. The molecule has 0 atom stereocenters. The van der Waals surface area contributed by atoms with Crippen molar-refractivity contribution in [3.63, 3.8) is 0 Å². The third-order valence-corrected chi connectivity index (χ3v) is 4.27. The second-order valence-electron chi connectivity index (χ2n) is 4.83. The van der Waals surface area contributed by atoms with E-state index in [2.05, 4.69) is 0 Å². The number of carboxylic acids is 1. The number of nitrogens with zero attached hydrogens (tertiary/aromatic N) is 1. The summed E-state index contributed by atoms with van der Waals surface area (Å²) in [5.41, 5.74) is 0. The standard InChI is InChI=1S/C14H15Cl2NO4/c15-10-2-1-3-11(13(10)16)21-8-12(18)17-6-4-9(5-7-17)14(19)20/h1-3,9H,4-8H2,(H,19,20). The van der Waals surface area contributed by atoms with Gasteiger partial charge in [0, 0.05) is 13.1 Å². The van der Waals surface area contributed by atoms with Crippen molar-refractivity contribution < 1.29 is 19.4 Å². The van der Waals surface area contributed by atoms with Gasteiger partial charge in [-0.1, -0.05) is 29.3 Å². The van der Waals surface area contributed by atoms with E-state index in [0.717, 1.165) is 0 Å². The molecule has 0 aliphatic carbocycles. The maximum atomic E-state index is 12.0. The van der Waals surface area contributed by atoms with Gasteiger partial charge in [-0.3, -0.25) is 9.59 Å². The quantitative estimate of drug-likeness (QED) is 0.921. The van der Waals surface area contributed by atoms with Crippen LogP contribution in [0.25, 0.3) is 0 Å². The van der Waals surface area contributed by atoms with Crippen molar-refractivity contribution in [1.29, 1.82) is 0 Å². The van der Waals surface area contributed by atoms with E-state index < -0.39 is 5.97 Å². The van der Waals surface area contributed by atoms with Crippen LogP contribution in [0.1, 0.15) is 12.8 Å². The maximum absolute atomic E-state index is 12.0. The minimum absolute atomic E-state index is 0.141. The number of aliphatic carboxylic acids is 1. The summed E-state index contributed by atoms with van der Waals surface area (Å²) in [7, 11) is 0. The van der Waals surface area contributed by atoms with Crippen LogP contribution in [0.4, 0.5) is 0 Å². The highest BCUT2D eigenvalue weighted by Crippen LogP contribution is 2.31. The van der Waals surface area contributed by atoms with E-state index in [-0.39, 0.29) is 23.5 Å². The number of likely N-dealkylation sites (tertiary alicyclic amines) is 1. The Morgan fingerprint density at radius 3 is 2.57 bits per heavy atom. The van der Waals surface area contributed by atoms with E-state index in [1.807, 2.05) is 0 Å². The molecule has 1 aliphatic heterocycles. The molecule has 21 heavy (non-hydrogen) atoms. The fourth-order valence-corrected chi connectivity index (χ4v) is 2.55. The Balaban J connectivity index is 1.85. The number of amides is 1. The number of carbonyl (C=O) groups excluding carboxylic acids is 1. The zero-order valence-electron chi connectivity index (χ0n) is 11.2. The van der Waals surface area contributed by atoms with Gasteiger partial charge < -0.3 is 14.7 Å². The van der Waals surface area contributed by atoms with Crippen molar-refractivity contribution in [2.45, 2.75) is 12.8 Å². The minimum Gasteiger partial charge on any atom is -0.482 e. The van der Waals surface area contributed by atoms with Crippen LogP contribution in [0.15, 0.2) is 18.2 Å². The lowest BCUT2D eigenvalue weighted by molar-refractivity contribution is -0.146. The smallest absolute Gasteiger partial charge is 0.306 e. The number of carbonyl (C=O) groups is 2. The summed E-state index contributed by atoms with van der Waals surface area (Å²) >= 11 is 11.8. The Labute approximate surface area is 132 Å². The van der Waals surface area contributed by atoms with Gasteiger partial charge in [-0.15, -0.1) is 0 Å². The number of rotatable bonds is 4. The molecular weight excluding hydrogens is 317 g/mol. The molecule has 1 aliphatic rings. The summed E-state index contributed by atoms with van der Waals surface area (Å²) in [6.07, 6.45) is 0.942. The van der Waals surface area contributed by atoms with Crippen molar-refractivity contribution >= 4 is 35.1 Å². The molecule has 1 amide bonds. The van der Waals surface area contributed by atoms with Crippen molar-refractivity contribution in [3.8, 4) is 5.75 Å². The lowest BCUT2D eigenvalue weighted by atomic mass is 9.97. The van der Waals surface area contributed by atoms with Crippen LogP contribution in [0, 0.1) is 5.92 Å². The van der Waals surface area contributed by atoms with Gasteiger partial charge in [-0.2, -0.15) is 0 Å². The van der Waals surface area contributed by atoms with Gasteiger partial charge in [0.05, 0.1) is 10.9 Å². The van der Waals surface area contributed by atoms with Crippen molar-refractivity contribution in [2.24, 2.45) is 5.92 Å². The first-order valence-electron chi connectivity index (χ1n) is 6.56. The van der Waals surface area contributed by atoms with E-state index in [1.54, 1.807) is 23.1 Å². The van der Waals surface area contributed by atoms with Gasteiger partial charge >= 0.3 is 5.97 Å². The predicted molar refractivity (Wildman–Crippen MR) is 78.9 cm³/mol. The first kappa shape index (κ1) is 15.9. The van der Waals surface area contributed by atoms with E-state index in [4.69, 9.17) is 33.0 Å². The third kappa shape index (κ3) is 4.02. The lowest BCUT2D eigenvalue weighted by Gasteiger charge is -2.30. The highest BCUT2D eigenvalue weighted by Gasteiger charge is 2.27. The molecule has 114 valence electrons. The van der Waals surface area contributed by atoms with Crippen LogP contribution < -0.4 is 4.74 Å². The predicted octanol–water partition coefficient (Wildman–Crippen LogP) is 2.70. The van der Waals surface area contributed by atoms with E-state index in [9.17, 15) is 9.59 Å². The average Bonchev–Trinajstić information content (AvgIpc) is 2.48. The van der Waals surface area contributed by atoms with E-state index in [0.29, 0.717) is 36.7 Å². The third-order valence-electron chi connectivity index (χ3n) is 3.46. The summed E-state index contributed by atoms with van der Waals surface area (Å²) in [4.78, 5) is 24.5. The fraction of sp³-hybridized carbons (Fsp3) is 0.429. The molecule has 1 aromatic rings. The Bertz CT molecular complexity index is 542. The summed E-state index contributed by atoms with van der Waals surface area (Å²) in [6, 6.07) is 4.96. The monoisotopic (exact) mass is 331 g/mol. The summed E-state index contributed by atoms with van der Waals surface area (Å²) in [5, 5.41) is 9.56. The molecule has 0 saturated carbocycles. The molecule has 7 heteroatoms. The first-order chi connectivity index (χ1) is 9.99. The number of carboxylic acid groups (broad SMARTS) is 1. The molecule has 0 unspecified atom stereocenters. The average molecular weight is 332 g/mol. The van der Waals surface area contributed by atoms with Gasteiger partial charge in [0.25, 0.3) is 5.91 Å². The van der Waals surface area contributed by atoms with Crippen LogP contribution in [0.2, 0.25) is 10.0 Å². The van der Waals surface area contributed by atoms with Gasteiger partial charge in [0.15, 0.2) is 6.61 Å². The Morgan fingerprint density at radius 1 is 1.29 bits per heavy atom. The largest absolute Gasteiger partial charge is 0.482 e. The van der Waals surface area contributed by atoms with Gasteiger partial charge in [0.1, 0.15) is 10.8 Å².